The van der Waals surface area contributed by atoms with Gasteiger partial charge in [-0.15, -0.1) is 11.3 Å². The van der Waals surface area contributed by atoms with Crippen LogP contribution in [0.5, 0.6) is 0 Å². The fourth-order valence-corrected chi connectivity index (χ4v) is 2.58. The number of furan rings is 1. The highest BCUT2D eigenvalue weighted by Gasteiger charge is 2.17. The van der Waals surface area contributed by atoms with Crippen molar-refractivity contribution in [2.45, 2.75) is 26.8 Å². The smallest absolute Gasteiger partial charge is 0.357 e. The Hall–Kier alpha value is -1.82. The first-order chi connectivity index (χ1) is 9.01. The molecule has 0 aliphatic carbocycles. The van der Waals surface area contributed by atoms with Gasteiger partial charge >= 0.3 is 5.97 Å². The molecule has 0 saturated carbocycles. The molecule has 1 atom stereocenters. The molecule has 0 saturated heterocycles. The zero-order chi connectivity index (χ0) is 14.0. The molecule has 1 N–H and O–H groups in total. The SMILES string of the molecule is COC(=O)c1nc(NC(C)c2ccc(C)o2)sc1C. The summed E-state index contributed by atoms with van der Waals surface area (Å²) in [6.45, 7) is 5.72. The Morgan fingerprint density at radius 3 is 2.79 bits per heavy atom. The minimum Gasteiger partial charge on any atom is -0.464 e. The van der Waals surface area contributed by atoms with Crippen LogP contribution in [0.4, 0.5) is 5.13 Å². The van der Waals surface area contributed by atoms with Crippen molar-refractivity contribution in [3.63, 3.8) is 0 Å². The quantitative estimate of drug-likeness (QED) is 0.870. The molecule has 0 aliphatic heterocycles. The second-order valence-electron chi connectivity index (χ2n) is 4.23. The Morgan fingerprint density at radius 1 is 1.47 bits per heavy atom. The monoisotopic (exact) mass is 280 g/mol. The van der Waals surface area contributed by atoms with E-state index in [9.17, 15) is 4.79 Å². The van der Waals surface area contributed by atoms with Gasteiger partial charge in [0.2, 0.25) is 0 Å². The lowest BCUT2D eigenvalue weighted by atomic mass is 10.2. The molecule has 0 amide bonds. The average molecular weight is 280 g/mol. The van der Waals surface area contributed by atoms with E-state index in [-0.39, 0.29) is 6.04 Å². The number of carbonyl (C=O) groups excluding carboxylic acids is 1. The van der Waals surface area contributed by atoms with Gasteiger partial charge < -0.3 is 14.5 Å². The zero-order valence-corrected chi connectivity index (χ0v) is 12.1. The minimum absolute atomic E-state index is 0.00949. The van der Waals surface area contributed by atoms with Crippen molar-refractivity contribution in [2.75, 3.05) is 12.4 Å². The molecule has 0 fully saturated rings. The van der Waals surface area contributed by atoms with Crippen LogP contribution in [0.3, 0.4) is 0 Å². The molecule has 2 heterocycles. The molecule has 0 radical (unpaired) electrons. The van der Waals surface area contributed by atoms with Crippen molar-refractivity contribution in [2.24, 2.45) is 0 Å². The van der Waals surface area contributed by atoms with E-state index in [4.69, 9.17) is 4.42 Å². The lowest BCUT2D eigenvalue weighted by molar-refractivity contribution is 0.0594. The summed E-state index contributed by atoms with van der Waals surface area (Å²) in [5.74, 6) is 1.29. The number of anilines is 1. The lowest BCUT2D eigenvalue weighted by Crippen LogP contribution is -2.07. The molecule has 1 unspecified atom stereocenters. The zero-order valence-electron chi connectivity index (χ0n) is 11.3. The van der Waals surface area contributed by atoms with E-state index in [1.54, 1.807) is 0 Å². The number of aryl methyl sites for hydroxylation is 2. The Kier molecular flexibility index (Phi) is 3.90. The number of thiazole rings is 1. The van der Waals surface area contributed by atoms with Crippen molar-refractivity contribution < 1.29 is 13.9 Å². The number of esters is 1. The van der Waals surface area contributed by atoms with Gasteiger partial charge in [0.25, 0.3) is 0 Å². The summed E-state index contributed by atoms with van der Waals surface area (Å²) in [6, 6.07) is 3.83. The molecule has 0 bridgehead atoms. The average Bonchev–Trinajstić information content (AvgIpc) is 2.95. The van der Waals surface area contributed by atoms with Gasteiger partial charge in [0.05, 0.1) is 13.2 Å². The number of carbonyl (C=O) groups is 1. The van der Waals surface area contributed by atoms with Crippen LogP contribution in [-0.2, 0) is 4.74 Å². The first-order valence-corrected chi connectivity index (χ1v) is 6.71. The summed E-state index contributed by atoms with van der Waals surface area (Å²) in [5.41, 5.74) is 0.359. The van der Waals surface area contributed by atoms with Gasteiger partial charge in [-0.25, -0.2) is 9.78 Å². The molecule has 19 heavy (non-hydrogen) atoms. The van der Waals surface area contributed by atoms with E-state index in [0.29, 0.717) is 10.8 Å². The third-order valence-corrected chi connectivity index (χ3v) is 3.61. The van der Waals surface area contributed by atoms with E-state index < -0.39 is 5.97 Å². The van der Waals surface area contributed by atoms with E-state index in [1.807, 2.05) is 32.9 Å². The van der Waals surface area contributed by atoms with Crippen LogP contribution in [0.2, 0.25) is 0 Å². The largest absolute Gasteiger partial charge is 0.464 e. The van der Waals surface area contributed by atoms with Crippen molar-refractivity contribution in [1.82, 2.24) is 4.98 Å². The molecule has 0 spiro atoms. The summed E-state index contributed by atoms with van der Waals surface area (Å²) < 4.78 is 10.2. The van der Waals surface area contributed by atoms with Crippen LogP contribution in [0.1, 0.15) is 39.9 Å². The molecular formula is C13H16N2O3S. The maximum absolute atomic E-state index is 11.5. The van der Waals surface area contributed by atoms with Gasteiger partial charge in [-0.3, -0.25) is 0 Å². The van der Waals surface area contributed by atoms with Crippen LogP contribution in [0.25, 0.3) is 0 Å². The van der Waals surface area contributed by atoms with Crippen LogP contribution in [-0.4, -0.2) is 18.1 Å². The summed E-state index contributed by atoms with van der Waals surface area (Å²) in [7, 11) is 1.35. The van der Waals surface area contributed by atoms with E-state index in [2.05, 4.69) is 15.0 Å². The second kappa shape index (κ2) is 5.44. The third kappa shape index (κ3) is 2.96. The fourth-order valence-electron chi connectivity index (χ4n) is 1.69. The number of nitrogens with zero attached hydrogens (tertiary/aromatic N) is 1. The highest BCUT2D eigenvalue weighted by atomic mass is 32.1. The van der Waals surface area contributed by atoms with E-state index >= 15 is 0 Å². The second-order valence-corrected chi connectivity index (χ2v) is 5.43. The van der Waals surface area contributed by atoms with E-state index in [0.717, 1.165) is 16.4 Å². The van der Waals surface area contributed by atoms with Gasteiger partial charge in [-0.05, 0) is 32.9 Å². The summed E-state index contributed by atoms with van der Waals surface area (Å²) in [6.07, 6.45) is 0. The molecule has 6 heteroatoms. The van der Waals surface area contributed by atoms with Crippen molar-refractivity contribution in [1.29, 1.82) is 0 Å². The molecule has 0 aromatic carbocycles. The number of methoxy groups -OCH3 is 1. The summed E-state index contributed by atoms with van der Waals surface area (Å²) >= 11 is 1.42. The van der Waals surface area contributed by atoms with Crippen molar-refractivity contribution in [3.05, 3.63) is 34.2 Å². The number of rotatable bonds is 4. The molecule has 5 nitrogen and oxygen atoms in total. The predicted molar refractivity (Wildman–Crippen MR) is 73.7 cm³/mol. The fraction of sp³-hybridized carbons (Fsp3) is 0.385. The number of nitrogens with one attached hydrogen (secondary N) is 1. The maximum Gasteiger partial charge on any atom is 0.357 e. The Morgan fingerprint density at radius 2 is 2.21 bits per heavy atom. The number of ether oxygens (including phenoxy) is 1. The van der Waals surface area contributed by atoms with Gasteiger partial charge in [0.1, 0.15) is 11.5 Å². The molecule has 102 valence electrons. The number of hydrogen-bond donors (Lipinski definition) is 1. The Balaban J connectivity index is 2.13. The van der Waals surface area contributed by atoms with Crippen molar-refractivity contribution >= 4 is 22.4 Å². The van der Waals surface area contributed by atoms with Gasteiger partial charge in [-0.1, -0.05) is 0 Å². The normalized spacial score (nSPS) is 12.2. The minimum atomic E-state index is -0.414. The standard InChI is InChI=1S/C13H16N2O3S/c1-7-5-6-10(18-7)8(2)14-13-15-11(9(3)19-13)12(16)17-4/h5-6,8H,1-4H3,(H,14,15). The lowest BCUT2D eigenvalue weighted by Gasteiger charge is -2.09. The molecule has 2 rings (SSSR count). The Bertz CT molecular complexity index is 588. The highest BCUT2D eigenvalue weighted by Crippen LogP contribution is 2.27. The van der Waals surface area contributed by atoms with Gasteiger partial charge in [0.15, 0.2) is 10.8 Å². The molecular weight excluding hydrogens is 264 g/mol. The number of hydrogen-bond acceptors (Lipinski definition) is 6. The van der Waals surface area contributed by atoms with E-state index in [1.165, 1.54) is 18.4 Å². The van der Waals surface area contributed by atoms with Crippen LogP contribution in [0.15, 0.2) is 16.5 Å². The number of aromatic nitrogens is 1. The first kappa shape index (κ1) is 13.6. The molecule has 0 aliphatic rings. The van der Waals surface area contributed by atoms with Crippen molar-refractivity contribution in [3.8, 4) is 0 Å². The molecule has 2 aromatic rings. The maximum atomic E-state index is 11.5. The topological polar surface area (TPSA) is 64.4 Å². The highest BCUT2D eigenvalue weighted by molar-refractivity contribution is 7.15. The van der Waals surface area contributed by atoms with Crippen LogP contribution in [0, 0.1) is 13.8 Å². The summed E-state index contributed by atoms with van der Waals surface area (Å²) in [4.78, 5) is 16.6. The third-order valence-electron chi connectivity index (χ3n) is 2.70. The van der Waals surface area contributed by atoms with Crippen LogP contribution < -0.4 is 5.32 Å². The Labute approximate surface area is 115 Å². The van der Waals surface area contributed by atoms with Gasteiger partial charge in [-0.2, -0.15) is 0 Å². The molecule has 2 aromatic heterocycles. The first-order valence-electron chi connectivity index (χ1n) is 5.90. The summed E-state index contributed by atoms with van der Waals surface area (Å²) in [5, 5.41) is 3.90. The predicted octanol–water partition coefficient (Wildman–Crippen LogP) is 3.31. The van der Waals surface area contributed by atoms with Gasteiger partial charge in [0, 0.05) is 4.88 Å². The van der Waals surface area contributed by atoms with Crippen LogP contribution >= 0.6 is 11.3 Å².